The first-order valence-electron chi connectivity index (χ1n) is 3.15. The van der Waals surface area contributed by atoms with Gasteiger partial charge in [0.15, 0.2) is 6.33 Å². The van der Waals surface area contributed by atoms with Gasteiger partial charge in [-0.1, -0.05) is 0 Å². The number of anilines is 1. The van der Waals surface area contributed by atoms with Gasteiger partial charge in [-0.15, -0.1) is 0 Å². The topological polar surface area (TPSA) is 40.7 Å². The van der Waals surface area contributed by atoms with Crippen LogP contribution in [0.25, 0.3) is 0 Å². The van der Waals surface area contributed by atoms with Gasteiger partial charge in [0.05, 0.1) is 5.69 Å². The van der Waals surface area contributed by atoms with Gasteiger partial charge in [0.2, 0.25) is 0 Å². The highest BCUT2D eigenvalue weighted by atomic mass is 15.1. The van der Waals surface area contributed by atoms with Crippen molar-refractivity contribution in [1.29, 1.82) is 0 Å². The Labute approximate surface area is 53.5 Å². The van der Waals surface area contributed by atoms with Crippen LogP contribution in [0.3, 0.4) is 0 Å². The molecule has 0 fully saturated rings. The number of H-pyrrole nitrogens is 1. The largest absolute Gasteiger partial charge is 0.370 e. The Morgan fingerprint density at radius 1 is 1.56 bits per heavy atom. The average Bonchev–Trinajstić information content (AvgIpc) is 2.33. The number of nitrogens with one attached hydrogen (secondary N) is 2. The monoisotopic (exact) mass is 122 g/mol. The third-order valence-electron chi connectivity index (χ3n) is 1.55. The van der Waals surface area contributed by atoms with E-state index in [0.717, 1.165) is 24.5 Å². The van der Waals surface area contributed by atoms with E-state index in [1.807, 2.05) is 0 Å². The minimum absolute atomic E-state index is 1.06. The van der Waals surface area contributed by atoms with Crippen LogP contribution in [0.1, 0.15) is 12.1 Å². The van der Waals surface area contributed by atoms with E-state index in [1.54, 1.807) is 0 Å². The number of aromatic amines is 1. The fraction of sp³-hybridized carbons (Fsp3) is 0.500. The lowest BCUT2D eigenvalue weighted by molar-refractivity contribution is 0.808. The standard InChI is InChI=1S/C6H8N3/c1-2-5-6(7-3-1)9-4-8-5/h7H,1-3H2,(H,8,9). The predicted octanol–water partition coefficient (Wildman–Crippen LogP) is 0.568. The molecular weight excluding hydrogens is 114 g/mol. The fourth-order valence-corrected chi connectivity index (χ4v) is 1.08. The van der Waals surface area contributed by atoms with E-state index < -0.39 is 0 Å². The lowest BCUT2D eigenvalue weighted by Crippen LogP contribution is -2.10. The van der Waals surface area contributed by atoms with Crippen LogP contribution in [-0.2, 0) is 6.42 Å². The molecule has 3 nitrogen and oxygen atoms in total. The maximum Gasteiger partial charge on any atom is 0.175 e. The van der Waals surface area contributed by atoms with Crippen molar-refractivity contribution in [2.45, 2.75) is 12.8 Å². The van der Waals surface area contributed by atoms with Crippen LogP contribution >= 0.6 is 0 Å². The molecule has 2 rings (SSSR count). The van der Waals surface area contributed by atoms with Gasteiger partial charge < -0.3 is 10.3 Å². The van der Waals surface area contributed by atoms with E-state index in [2.05, 4.69) is 21.6 Å². The molecule has 0 atom stereocenters. The lowest BCUT2D eigenvalue weighted by Gasteiger charge is -2.10. The molecule has 0 saturated heterocycles. The normalized spacial score (nSPS) is 16.4. The number of imidazole rings is 1. The molecule has 0 saturated carbocycles. The van der Waals surface area contributed by atoms with E-state index in [-0.39, 0.29) is 0 Å². The van der Waals surface area contributed by atoms with Crippen LogP contribution in [0.2, 0.25) is 0 Å². The summed E-state index contributed by atoms with van der Waals surface area (Å²) >= 11 is 0. The second kappa shape index (κ2) is 1.76. The maximum absolute atomic E-state index is 4.01. The van der Waals surface area contributed by atoms with Crippen LogP contribution in [-0.4, -0.2) is 16.5 Å². The van der Waals surface area contributed by atoms with Crippen LogP contribution in [0.5, 0.6) is 0 Å². The highest BCUT2D eigenvalue weighted by molar-refractivity contribution is 5.41. The molecule has 0 unspecified atom stereocenters. The SMILES string of the molecule is [c]1nc2c([nH]1)NCCC2. The van der Waals surface area contributed by atoms with E-state index in [4.69, 9.17) is 0 Å². The molecule has 1 aromatic rings. The molecule has 2 N–H and O–H groups in total. The molecule has 0 aliphatic carbocycles. The lowest BCUT2D eigenvalue weighted by atomic mass is 10.2. The van der Waals surface area contributed by atoms with Crippen LogP contribution in [0.4, 0.5) is 5.82 Å². The van der Waals surface area contributed by atoms with Gasteiger partial charge in [-0.3, -0.25) is 0 Å². The summed E-state index contributed by atoms with van der Waals surface area (Å²) in [6.07, 6.45) is 4.97. The molecule has 2 heterocycles. The molecule has 0 aromatic carbocycles. The molecule has 0 bridgehead atoms. The fourth-order valence-electron chi connectivity index (χ4n) is 1.08. The molecular formula is C6H8N3. The molecule has 0 spiro atoms. The van der Waals surface area contributed by atoms with Crippen molar-refractivity contribution in [1.82, 2.24) is 9.97 Å². The van der Waals surface area contributed by atoms with Gasteiger partial charge in [0.25, 0.3) is 0 Å². The van der Waals surface area contributed by atoms with Crippen LogP contribution in [0, 0.1) is 6.33 Å². The highest BCUT2D eigenvalue weighted by Crippen LogP contribution is 2.15. The van der Waals surface area contributed by atoms with Gasteiger partial charge in [-0.05, 0) is 12.8 Å². The summed E-state index contributed by atoms with van der Waals surface area (Å²) in [6.45, 7) is 1.06. The third-order valence-corrected chi connectivity index (χ3v) is 1.55. The number of nitrogens with zero attached hydrogens (tertiary/aromatic N) is 1. The Hall–Kier alpha value is -0.990. The molecule has 1 radical (unpaired) electrons. The zero-order valence-electron chi connectivity index (χ0n) is 5.07. The van der Waals surface area contributed by atoms with Gasteiger partial charge in [0.1, 0.15) is 5.82 Å². The Bertz CT molecular complexity index is 183. The summed E-state index contributed by atoms with van der Waals surface area (Å²) in [4.78, 5) is 6.92. The van der Waals surface area contributed by atoms with Crippen molar-refractivity contribution in [2.75, 3.05) is 11.9 Å². The van der Waals surface area contributed by atoms with Crippen molar-refractivity contribution in [3.05, 3.63) is 12.0 Å². The summed E-state index contributed by atoms with van der Waals surface area (Å²) in [5, 5.41) is 3.19. The number of hydrogen-bond donors (Lipinski definition) is 2. The van der Waals surface area contributed by atoms with Crippen LogP contribution in [0.15, 0.2) is 0 Å². The summed E-state index contributed by atoms with van der Waals surface area (Å²) in [7, 11) is 0. The number of fused-ring (bicyclic) bond motifs is 1. The zero-order chi connectivity index (χ0) is 6.10. The predicted molar refractivity (Wildman–Crippen MR) is 34.2 cm³/mol. The second-order valence-electron chi connectivity index (χ2n) is 2.20. The van der Waals surface area contributed by atoms with Crippen molar-refractivity contribution in [3.63, 3.8) is 0 Å². The van der Waals surface area contributed by atoms with Crippen molar-refractivity contribution >= 4 is 5.82 Å². The molecule has 0 amide bonds. The first-order chi connectivity index (χ1) is 4.47. The summed E-state index contributed by atoms with van der Waals surface area (Å²) < 4.78 is 0. The van der Waals surface area contributed by atoms with E-state index in [1.165, 1.54) is 6.42 Å². The molecule has 47 valence electrons. The number of aromatic nitrogens is 2. The Morgan fingerprint density at radius 3 is 3.44 bits per heavy atom. The van der Waals surface area contributed by atoms with Gasteiger partial charge >= 0.3 is 0 Å². The highest BCUT2D eigenvalue weighted by Gasteiger charge is 2.08. The Balaban J connectivity index is 2.39. The smallest absolute Gasteiger partial charge is 0.175 e. The first kappa shape index (κ1) is 4.85. The van der Waals surface area contributed by atoms with Gasteiger partial charge in [0, 0.05) is 6.54 Å². The molecule has 1 aliphatic rings. The van der Waals surface area contributed by atoms with Gasteiger partial charge in [-0.2, -0.15) is 0 Å². The van der Waals surface area contributed by atoms with E-state index in [9.17, 15) is 0 Å². The minimum atomic E-state index is 1.06. The van der Waals surface area contributed by atoms with Crippen molar-refractivity contribution < 1.29 is 0 Å². The molecule has 1 aromatic heterocycles. The second-order valence-corrected chi connectivity index (χ2v) is 2.20. The number of aryl methyl sites for hydroxylation is 1. The number of rotatable bonds is 0. The number of hydrogen-bond acceptors (Lipinski definition) is 2. The van der Waals surface area contributed by atoms with Gasteiger partial charge in [-0.25, -0.2) is 4.98 Å². The Kier molecular flexibility index (Phi) is 0.946. The zero-order valence-corrected chi connectivity index (χ0v) is 5.07. The quantitative estimate of drug-likeness (QED) is 0.528. The average molecular weight is 122 g/mol. The molecule has 3 heteroatoms. The summed E-state index contributed by atoms with van der Waals surface area (Å²) in [6, 6.07) is 0. The first-order valence-corrected chi connectivity index (χ1v) is 3.15. The summed E-state index contributed by atoms with van der Waals surface area (Å²) in [5.41, 5.74) is 1.13. The Morgan fingerprint density at radius 2 is 2.56 bits per heavy atom. The van der Waals surface area contributed by atoms with E-state index in [0.29, 0.717) is 0 Å². The van der Waals surface area contributed by atoms with Crippen molar-refractivity contribution in [3.8, 4) is 0 Å². The maximum atomic E-state index is 4.01. The molecule has 1 aliphatic heterocycles. The van der Waals surface area contributed by atoms with E-state index >= 15 is 0 Å². The van der Waals surface area contributed by atoms with Crippen molar-refractivity contribution in [2.24, 2.45) is 0 Å². The minimum Gasteiger partial charge on any atom is -0.370 e. The molecule has 9 heavy (non-hydrogen) atoms. The van der Waals surface area contributed by atoms with Crippen LogP contribution < -0.4 is 5.32 Å². The summed E-state index contributed by atoms with van der Waals surface area (Å²) in [5.74, 6) is 1.06. The third kappa shape index (κ3) is 0.686.